The maximum Gasteiger partial charge on any atom is 0.269 e. The topological polar surface area (TPSA) is 88.8 Å². The van der Waals surface area contributed by atoms with Crippen LogP contribution in [0.3, 0.4) is 0 Å². The number of halogens is 1. The number of nitro groups is 1. The van der Waals surface area contributed by atoms with Crippen LogP contribution in [0.5, 0.6) is 0 Å². The summed E-state index contributed by atoms with van der Waals surface area (Å²) in [6.07, 6.45) is 2.24. The maximum absolute atomic E-state index is 11.8. The number of amides is 1. The molecule has 1 rings (SSSR count). The number of nitrogens with one attached hydrogen (secondary N) is 1. The Morgan fingerprint density at radius 3 is 2.33 bits per heavy atom. The lowest BCUT2D eigenvalue weighted by atomic mass is 10.2. The van der Waals surface area contributed by atoms with Crippen molar-refractivity contribution in [1.82, 2.24) is 5.32 Å². The normalized spacial score (nSPS) is 10.0. The molecule has 7 heteroatoms. The summed E-state index contributed by atoms with van der Waals surface area (Å²) in [5, 5.41) is 15.6. The zero-order valence-corrected chi connectivity index (χ0v) is 13.9. The van der Waals surface area contributed by atoms with Crippen molar-refractivity contribution in [3.05, 3.63) is 39.9 Å². The number of hydrogen-bond acceptors (Lipinski definition) is 3. The van der Waals surface area contributed by atoms with E-state index in [-0.39, 0.29) is 28.6 Å². The third kappa shape index (κ3) is 6.68. The standard InChI is InChI=1S/C14H21N3O3.BrH/c1-3-12(4-2)15-9-10-16-14(18)11-5-7-13(8-6-11)17(19)20;/h5-8,12,15H,3-4,9-10H2,1-2H3,(H,16,18);1H. The van der Waals surface area contributed by atoms with Gasteiger partial charge in [-0.25, -0.2) is 0 Å². The van der Waals surface area contributed by atoms with E-state index in [1.165, 1.54) is 24.3 Å². The number of nitrogens with two attached hydrogens (primary N) is 1. The fraction of sp³-hybridized carbons (Fsp3) is 0.500. The molecule has 118 valence electrons. The van der Waals surface area contributed by atoms with E-state index in [1.807, 2.05) is 0 Å². The molecule has 1 aromatic carbocycles. The molecule has 0 fully saturated rings. The Hall–Kier alpha value is -1.47. The van der Waals surface area contributed by atoms with Gasteiger partial charge in [0.1, 0.15) is 0 Å². The van der Waals surface area contributed by atoms with Gasteiger partial charge >= 0.3 is 0 Å². The highest BCUT2D eigenvalue weighted by Crippen LogP contribution is 2.11. The highest BCUT2D eigenvalue weighted by Gasteiger charge is 2.10. The molecule has 0 saturated carbocycles. The van der Waals surface area contributed by atoms with Crippen molar-refractivity contribution in [2.24, 2.45) is 0 Å². The first-order chi connectivity index (χ1) is 9.58. The number of hydrogen-bond donors (Lipinski definition) is 2. The van der Waals surface area contributed by atoms with Gasteiger partial charge in [-0.3, -0.25) is 14.9 Å². The molecule has 0 bridgehead atoms. The molecule has 0 aliphatic carbocycles. The van der Waals surface area contributed by atoms with Crippen LogP contribution in [0.25, 0.3) is 0 Å². The summed E-state index contributed by atoms with van der Waals surface area (Å²) >= 11 is 0. The number of non-ortho nitro benzene ring substituents is 1. The minimum atomic E-state index is -0.480. The number of benzene rings is 1. The van der Waals surface area contributed by atoms with Gasteiger partial charge in [0.25, 0.3) is 11.6 Å². The molecule has 21 heavy (non-hydrogen) atoms. The third-order valence-electron chi connectivity index (χ3n) is 3.32. The summed E-state index contributed by atoms with van der Waals surface area (Å²) in [4.78, 5) is 21.8. The van der Waals surface area contributed by atoms with E-state index in [0.717, 1.165) is 19.4 Å². The smallest absolute Gasteiger partial charge is 0.269 e. The quantitative estimate of drug-likeness (QED) is 0.322. The van der Waals surface area contributed by atoms with Gasteiger partial charge in [0.15, 0.2) is 0 Å². The molecule has 0 aromatic heterocycles. The average molecular weight is 360 g/mol. The van der Waals surface area contributed by atoms with Crippen LogP contribution in [0.4, 0.5) is 5.69 Å². The predicted octanol–water partition coefficient (Wildman–Crippen LogP) is -1.92. The van der Waals surface area contributed by atoms with Crippen molar-refractivity contribution < 1.29 is 32.0 Å². The van der Waals surface area contributed by atoms with Gasteiger partial charge in [0.05, 0.1) is 24.1 Å². The third-order valence-corrected chi connectivity index (χ3v) is 3.32. The van der Waals surface area contributed by atoms with Crippen LogP contribution in [0.15, 0.2) is 24.3 Å². The first kappa shape index (κ1) is 19.5. The van der Waals surface area contributed by atoms with Crippen molar-refractivity contribution in [2.75, 3.05) is 13.1 Å². The van der Waals surface area contributed by atoms with E-state index in [4.69, 9.17) is 0 Å². The Kier molecular flexibility index (Phi) is 9.56. The van der Waals surface area contributed by atoms with E-state index < -0.39 is 4.92 Å². The van der Waals surface area contributed by atoms with E-state index in [1.54, 1.807) is 0 Å². The Morgan fingerprint density at radius 2 is 1.86 bits per heavy atom. The van der Waals surface area contributed by atoms with Crippen LogP contribution in [0.1, 0.15) is 37.0 Å². The number of nitrogens with zero attached hydrogens (tertiary/aromatic N) is 1. The molecule has 0 saturated heterocycles. The van der Waals surface area contributed by atoms with E-state index >= 15 is 0 Å². The van der Waals surface area contributed by atoms with Gasteiger partial charge in [-0.05, 0) is 25.0 Å². The van der Waals surface area contributed by atoms with Crippen LogP contribution >= 0.6 is 0 Å². The Balaban J connectivity index is 0.00000400. The summed E-state index contributed by atoms with van der Waals surface area (Å²) in [5.41, 5.74) is 0.432. The summed E-state index contributed by atoms with van der Waals surface area (Å²) in [7, 11) is 0. The van der Waals surface area contributed by atoms with E-state index in [9.17, 15) is 14.9 Å². The molecule has 0 atom stereocenters. The number of quaternary nitrogens is 1. The van der Waals surface area contributed by atoms with Crippen molar-refractivity contribution in [3.63, 3.8) is 0 Å². The molecule has 6 nitrogen and oxygen atoms in total. The first-order valence-corrected chi connectivity index (χ1v) is 6.94. The van der Waals surface area contributed by atoms with Crippen LogP contribution < -0.4 is 27.6 Å². The predicted molar refractivity (Wildman–Crippen MR) is 76.6 cm³/mol. The second-order valence-corrected chi connectivity index (χ2v) is 4.66. The second-order valence-electron chi connectivity index (χ2n) is 4.66. The van der Waals surface area contributed by atoms with Crippen LogP contribution in [0, 0.1) is 10.1 Å². The van der Waals surface area contributed by atoms with Crippen molar-refractivity contribution in [2.45, 2.75) is 32.7 Å². The summed E-state index contributed by atoms with van der Waals surface area (Å²) in [5.74, 6) is -0.196. The molecule has 0 radical (unpaired) electrons. The summed E-state index contributed by atoms with van der Waals surface area (Å²) in [6.45, 7) is 5.73. The molecular formula is C14H22BrN3O3. The molecule has 0 aliphatic heterocycles. The van der Waals surface area contributed by atoms with Crippen LogP contribution in [-0.4, -0.2) is 30.0 Å². The van der Waals surface area contributed by atoms with Gasteiger partial charge in [0, 0.05) is 17.7 Å². The Bertz CT molecular complexity index is 447. The lowest BCUT2D eigenvalue weighted by molar-refractivity contribution is -0.688. The monoisotopic (exact) mass is 359 g/mol. The molecule has 0 unspecified atom stereocenters. The highest BCUT2D eigenvalue weighted by molar-refractivity contribution is 5.94. The van der Waals surface area contributed by atoms with Gasteiger partial charge in [-0.15, -0.1) is 0 Å². The van der Waals surface area contributed by atoms with E-state index in [2.05, 4.69) is 24.5 Å². The van der Waals surface area contributed by atoms with Crippen LogP contribution in [-0.2, 0) is 0 Å². The minimum absolute atomic E-state index is 0. The number of rotatable bonds is 8. The number of carbonyl (C=O) groups excluding carboxylic acids is 1. The van der Waals surface area contributed by atoms with Gasteiger partial charge in [0.2, 0.25) is 0 Å². The summed E-state index contributed by atoms with van der Waals surface area (Å²) < 4.78 is 0. The molecular weight excluding hydrogens is 338 g/mol. The lowest BCUT2D eigenvalue weighted by Gasteiger charge is -2.11. The summed E-state index contributed by atoms with van der Waals surface area (Å²) in [6, 6.07) is 6.22. The number of carbonyl (C=O) groups is 1. The molecule has 1 amide bonds. The Morgan fingerprint density at radius 1 is 1.29 bits per heavy atom. The fourth-order valence-electron chi connectivity index (χ4n) is 1.96. The van der Waals surface area contributed by atoms with Gasteiger partial charge < -0.3 is 27.6 Å². The maximum atomic E-state index is 11.8. The molecule has 3 N–H and O–H groups in total. The second kappa shape index (κ2) is 10.3. The molecule has 0 aliphatic rings. The van der Waals surface area contributed by atoms with Crippen molar-refractivity contribution in [1.29, 1.82) is 0 Å². The average Bonchev–Trinajstić information content (AvgIpc) is 2.47. The Labute approximate surface area is 135 Å². The first-order valence-electron chi connectivity index (χ1n) is 6.94. The molecule has 0 heterocycles. The molecule has 0 spiro atoms. The lowest BCUT2D eigenvalue weighted by Crippen LogP contribution is -3.00. The number of nitro benzene ring substituents is 1. The van der Waals surface area contributed by atoms with Gasteiger partial charge in [-0.2, -0.15) is 0 Å². The minimum Gasteiger partial charge on any atom is -1.00 e. The highest BCUT2D eigenvalue weighted by atomic mass is 79.9. The largest absolute Gasteiger partial charge is 1.00 e. The van der Waals surface area contributed by atoms with Crippen molar-refractivity contribution >= 4 is 11.6 Å². The van der Waals surface area contributed by atoms with E-state index in [0.29, 0.717) is 18.2 Å². The molecule has 1 aromatic rings. The fourth-order valence-corrected chi connectivity index (χ4v) is 1.96. The zero-order valence-electron chi connectivity index (χ0n) is 12.3. The van der Waals surface area contributed by atoms with Crippen molar-refractivity contribution in [3.8, 4) is 0 Å². The SMILES string of the molecule is CCC(CC)[NH2+]CCNC(=O)c1ccc([N+](=O)[O-])cc1.[Br-]. The van der Waals surface area contributed by atoms with Crippen LogP contribution in [0.2, 0.25) is 0 Å². The van der Waals surface area contributed by atoms with Gasteiger partial charge in [-0.1, -0.05) is 13.8 Å². The zero-order chi connectivity index (χ0) is 15.0.